The standard InChI is InChI=1S/C20H25N5O/c1-15(2)19-21-11-12-24(19)16(3)20(26)22-10-9-17-13-23-25(14-17)18-7-5-4-6-8-18/h4-8,11-16H,9-10H2,1-3H3,(H,22,26)/t16-/m1/s1. The highest BCUT2D eigenvalue weighted by atomic mass is 16.2. The first-order valence-corrected chi connectivity index (χ1v) is 8.95. The molecule has 6 nitrogen and oxygen atoms in total. The molecule has 0 spiro atoms. The van der Waals surface area contributed by atoms with Gasteiger partial charge in [0.15, 0.2) is 0 Å². The van der Waals surface area contributed by atoms with Crippen molar-refractivity contribution in [2.24, 2.45) is 0 Å². The first kappa shape index (κ1) is 17.9. The number of hydrogen-bond acceptors (Lipinski definition) is 3. The summed E-state index contributed by atoms with van der Waals surface area (Å²) in [5.74, 6) is 1.21. The average molecular weight is 351 g/mol. The molecule has 0 radical (unpaired) electrons. The van der Waals surface area contributed by atoms with Gasteiger partial charge in [0.05, 0.1) is 11.9 Å². The van der Waals surface area contributed by atoms with Gasteiger partial charge in [0, 0.05) is 31.1 Å². The molecular weight excluding hydrogens is 326 g/mol. The molecule has 0 saturated carbocycles. The van der Waals surface area contributed by atoms with Crippen LogP contribution in [0, 0.1) is 0 Å². The Hall–Kier alpha value is -2.89. The Labute approximate surface area is 153 Å². The van der Waals surface area contributed by atoms with Crippen molar-refractivity contribution in [2.45, 2.75) is 39.2 Å². The normalized spacial score (nSPS) is 12.3. The summed E-state index contributed by atoms with van der Waals surface area (Å²) in [5.41, 5.74) is 2.12. The van der Waals surface area contributed by atoms with E-state index in [9.17, 15) is 4.79 Å². The fourth-order valence-corrected chi connectivity index (χ4v) is 2.91. The summed E-state index contributed by atoms with van der Waals surface area (Å²) in [6, 6.07) is 9.70. The lowest BCUT2D eigenvalue weighted by molar-refractivity contribution is -0.123. The van der Waals surface area contributed by atoms with Gasteiger partial charge in [-0.1, -0.05) is 32.0 Å². The smallest absolute Gasteiger partial charge is 0.242 e. The van der Waals surface area contributed by atoms with Crippen LogP contribution in [0.25, 0.3) is 5.69 Å². The van der Waals surface area contributed by atoms with Gasteiger partial charge in [0.1, 0.15) is 11.9 Å². The summed E-state index contributed by atoms with van der Waals surface area (Å²) in [6.45, 7) is 6.63. The fourth-order valence-electron chi connectivity index (χ4n) is 2.91. The molecular formula is C20H25N5O. The molecule has 0 aliphatic heterocycles. The van der Waals surface area contributed by atoms with Crippen LogP contribution in [0.15, 0.2) is 55.1 Å². The SMILES string of the molecule is CC(C)c1nccn1[C@H](C)C(=O)NCCc1cnn(-c2ccccc2)c1. The molecule has 26 heavy (non-hydrogen) atoms. The molecule has 2 aromatic heterocycles. The zero-order chi connectivity index (χ0) is 18.5. The van der Waals surface area contributed by atoms with Crippen molar-refractivity contribution in [3.63, 3.8) is 0 Å². The van der Waals surface area contributed by atoms with E-state index in [1.165, 1.54) is 0 Å². The second-order valence-electron chi connectivity index (χ2n) is 6.69. The average Bonchev–Trinajstić information content (AvgIpc) is 3.31. The van der Waals surface area contributed by atoms with Gasteiger partial charge in [-0.3, -0.25) is 4.79 Å². The van der Waals surface area contributed by atoms with E-state index in [0.717, 1.165) is 23.5 Å². The molecule has 0 fully saturated rings. The molecule has 0 saturated heterocycles. The molecule has 6 heteroatoms. The molecule has 0 aliphatic rings. The van der Waals surface area contributed by atoms with Crippen LogP contribution < -0.4 is 5.32 Å². The minimum absolute atomic E-state index is 0.000325. The van der Waals surface area contributed by atoms with Gasteiger partial charge >= 0.3 is 0 Å². The van der Waals surface area contributed by atoms with Gasteiger partial charge < -0.3 is 9.88 Å². The molecule has 2 heterocycles. The molecule has 0 bridgehead atoms. The Balaban J connectivity index is 1.54. The summed E-state index contributed by atoms with van der Waals surface area (Å²) in [4.78, 5) is 16.8. The number of para-hydroxylation sites is 1. The number of rotatable bonds is 7. The summed E-state index contributed by atoms with van der Waals surface area (Å²) < 4.78 is 3.79. The number of benzene rings is 1. The van der Waals surface area contributed by atoms with Crippen molar-refractivity contribution in [1.29, 1.82) is 0 Å². The third kappa shape index (κ3) is 4.02. The van der Waals surface area contributed by atoms with E-state index in [-0.39, 0.29) is 17.9 Å². The highest BCUT2D eigenvalue weighted by molar-refractivity contribution is 5.79. The van der Waals surface area contributed by atoms with E-state index in [1.807, 2.05) is 65.1 Å². The van der Waals surface area contributed by atoms with Gasteiger partial charge in [0.2, 0.25) is 5.91 Å². The van der Waals surface area contributed by atoms with Crippen molar-refractivity contribution >= 4 is 5.91 Å². The Bertz CT molecular complexity index is 850. The summed E-state index contributed by atoms with van der Waals surface area (Å²) in [7, 11) is 0. The van der Waals surface area contributed by atoms with Gasteiger partial charge in [0.25, 0.3) is 0 Å². The van der Waals surface area contributed by atoms with E-state index in [1.54, 1.807) is 6.20 Å². The van der Waals surface area contributed by atoms with E-state index in [4.69, 9.17) is 0 Å². The van der Waals surface area contributed by atoms with Crippen LogP contribution in [0.3, 0.4) is 0 Å². The van der Waals surface area contributed by atoms with Crippen molar-refractivity contribution in [3.8, 4) is 5.69 Å². The number of carbonyl (C=O) groups is 1. The number of amides is 1. The molecule has 1 aromatic carbocycles. The Kier molecular flexibility index (Phi) is 5.51. The van der Waals surface area contributed by atoms with E-state index in [2.05, 4.69) is 29.2 Å². The molecule has 136 valence electrons. The number of nitrogens with one attached hydrogen (secondary N) is 1. The van der Waals surface area contributed by atoms with Crippen LogP contribution >= 0.6 is 0 Å². The number of aromatic nitrogens is 4. The van der Waals surface area contributed by atoms with Gasteiger partial charge in [-0.15, -0.1) is 0 Å². The summed E-state index contributed by atoms with van der Waals surface area (Å²) in [5, 5.41) is 7.39. The largest absolute Gasteiger partial charge is 0.354 e. The van der Waals surface area contributed by atoms with Crippen LogP contribution in [0.5, 0.6) is 0 Å². The predicted molar refractivity (Wildman–Crippen MR) is 101 cm³/mol. The first-order valence-electron chi connectivity index (χ1n) is 8.95. The van der Waals surface area contributed by atoms with Crippen molar-refractivity contribution < 1.29 is 4.79 Å². The second kappa shape index (κ2) is 7.99. The lowest BCUT2D eigenvalue weighted by Gasteiger charge is -2.17. The molecule has 1 amide bonds. The zero-order valence-corrected chi connectivity index (χ0v) is 15.5. The Morgan fingerprint density at radius 2 is 1.96 bits per heavy atom. The number of imidazole rings is 1. The third-order valence-electron chi connectivity index (χ3n) is 4.38. The molecule has 0 unspecified atom stereocenters. The van der Waals surface area contributed by atoms with E-state index >= 15 is 0 Å². The number of nitrogens with zero attached hydrogens (tertiary/aromatic N) is 4. The minimum atomic E-state index is -0.276. The van der Waals surface area contributed by atoms with Crippen LogP contribution in [0.2, 0.25) is 0 Å². The van der Waals surface area contributed by atoms with E-state index < -0.39 is 0 Å². The first-order chi connectivity index (χ1) is 12.6. The van der Waals surface area contributed by atoms with Gasteiger partial charge in [-0.2, -0.15) is 5.10 Å². The Morgan fingerprint density at radius 3 is 2.69 bits per heavy atom. The molecule has 0 aliphatic carbocycles. The van der Waals surface area contributed by atoms with Crippen LogP contribution in [-0.4, -0.2) is 31.8 Å². The maximum absolute atomic E-state index is 12.5. The molecule has 1 N–H and O–H groups in total. The monoisotopic (exact) mass is 351 g/mol. The van der Waals surface area contributed by atoms with Gasteiger partial charge in [-0.25, -0.2) is 9.67 Å². The Morgan fingerprint density at radius 1 is 1.19 bits per heavy atom. The predicted octanol–water partition coefficient (Wildman–Crippen LogP) is 3.11. The van der Waals surface area contributed by atoms with E-state index in [0.29, 0.717) is 6.54 Å². The maximum Gasteiger partial charge on any atom is 0.242 e. The zero-order valence-electron chi connectivity index (χ0n) is 15.5. The molecule has 1 atom stereocenters. The number of hydrogen-bond donors (Lipinski definition) is 1. The highest BCUT2D eigenvalue weighted by Gasteiger charge is 2.18. The van der Waals surface area contributed by atoms with Crippen molar-refractivity contribution in [1.82, 2.24) is 24.6 Å². The molecule has 3 aromatic rings. The summed E-state index contributed by atoms with van der Waals surface area (Å²) >= 11 is 0. The van der Waals surface area contributed by atoms with Crippen LogP contribution in [0.1, 0.15) is 44.1 Å². The number of carbonyl (C=O) groups excluding carboxylic acids is 1. The van der Waals surface area contributed by atoms with Crippen LogP contribution in [0.4, 0.5) is 0 Å². The highest BCUT2D eigenvalue weighted by Crippen LogP contribution is 2.17. The second-order valence-corrected chi connectivity index (χ2v) is 6.69. The maximum atomic E-state index is 12.5. The molecule has 3 rings (SSSR count). The van der Waals surface area contributed by atoms with Crippen molar-refractivity contribution in [3.05, 3.63) is 66.5 Å². The topological polar surface area (TPSA) is 64.7 Å². The third-order valence-corrected chi connectivity index (χ3v) is 4.38. The van der Waals surface area contributed by atoms with Gasteiger partial charge in [-0.05, 0) is 31.0 Å². The minimum Gasteiger partial charge on any atom is -0.354 e. The van der Waals surface area contributed by atoms with Crippen molar-refractivity contribution in [2.75, 3.05) is 6.54 Å². The lowest BCUT2D eigenvalue weighted by Crippen LogP contribution is -2.33. The fraction of sp³-hybridized carbons (Fsp3) is 0.350. The summed E-state index contributed by atoms with van der Waals surface area (Å²) in [6.07, 6.45) is 8.19. The quantitative estimate of drug-likeness (QED) is 0.711. The lowest BCUT2D eigenvalue weighted by atomic mass is 10.2. The van der Waals surface area contributed by atoms with Crippen LogP contribution in [-0.2, 0) is 11.2 Å².